The summed E-state index contributed by atoms with van der Waals surface area (Å²) in [7, 11) is 5.21. The number of nitrogens with one attached hydrogen (secondary N) is 1. The second-order valence-corrected chi connectivity index (χ2v) is 4.99. The summed E-state index contributed by atoms with van der Waals surface area (Å²) in [5, 5.41) is 6.19. The van der Waals surface area contributed by atoms with Gasteiger partial charge in [0.05, 0.1) is 25.5 Å². The van der Waals surface area contributed by atoms with Gasteiger partial charge in [-0.25, -0.2) is 4.98 Å². The van der Waals surface area contributed by atoms with Gasteiger partial charge in [0, 0.05) is 11.4 Å². The Morgan fingerprint density at radius 2 is 2.05 bits per heavy atom. The molecule has 0 saturated carbocycles. The first-order valence-electron chi connectivity index (χ1n) is 6.05. The molecule has 2 aromatic rings. The summed E-state index contributed by atoms with van der Waals surface area (Å²) in [6, 6.07) is 6.06. The van der Waals surface area contributed by atoms with E-state index in [-0.39, 0.29) is 6.04 Å². The third-order valence-electron chi connectivity index (χ3n) is 3.03. The average Bonchev–Trinajstić information content (AvgIpc) is 2.95. The van der Waals surface area contributed by atoms with Crippen molar-refractivity contribution in [2.24, 2.45) is 0 Å². The van der Waals surface area contributed by atoms with Crippen molar-refractivity contribution in [1.29, 1.82) is 0 Å². The minimum absolute atomic E-state index is 0.238. The molecule has 0 saturated heterocycles. The van der Waals surface area contributed by atoms with E-state index in [1.807, 2.05) is 25.2 Å². The predicted molar refractivity (Wildman–Crippen MR) is 78.1 cm³/mol. The highest BCUT2D eigenvalue weighted by Gasteiger charge is 2.15. The molecule has 0 fully saturated rings. The van der Waals surface area contributed by atoms with Gasteiger partial charge in [-0.05, 0) is 26.1 Å². The number of rotatable bonds is 5. The number of hydrogen-bond donors (Lipinski definition) is 1. The first-order valence-corrected chi connectivity index (χ1v) is 6.93. The number of methoxy groups -OCH3 is 2. The Hall–Kier alpha value is -1.59. The van der Waals surface area contributed by atoms with Crippen molar-refractivity contribution in [2.75, 3.05) is 21.3 Å². The minimum atomic E-state index is 0.238. The van der Waals surface area contributed by atoms with E-state index in [4.69, 9.17) is 9.47 Å². The quantitative estimate of drug-likeness (QED) is 0.912. The van der Waals surface area contributed by atoms with Gasteiger partial charge < -0.3 is 14.8 Å². The van der Waals surface area contributed by atoms with Gasteiger partial charge in [0.15, 0.2) is 11.5 Å². The Morgan fingerprint density at radius 1 is 1.26 bits per heavy atom. The molecule has 1 aromatic carbocycles. The molecule has 0 aliphatic heterocycles. The maximum atomic E-state index is 5.44. The summed E-state index contributed by atoms with van der Waals surface area (Å²) in [6.45, 7) is 2.08. The first-order chi connectivity index (χ1) is 9.21. The Balaban J connectivity index is 2.44. The molecule has 19 heavy (non-hydrogen) atoms. The third-order valence-corrected chi connectivity index (χ3v) is 3.93. The molecule has 102 valence electrons. The van der Waals surface area contributed by atoms with Gasteiger partial charge in [-0.2, -0.15) is 0 Å². The first kappa shape index (κ1) is 13.8. The lowest BCUT2D eigenvalue weighted by atomic mass is 10.2. The molecule has 1 heterocycles. The van der Waals surface area contributed by atoms with E-state index in [0.29, 0.717) is 0 Å². The topological polar surface area (TPSA) is 43.4 Å². The van der Waals surface area contributed by atoms with Crippen LogP contribution >= 0.6 is 11.3 Å². The number of benzene rings is 1. The van der Waals surface area contributed by atoms with Crippen LogP contribution in [-0.4, -0.2) is 26.3 Å². The van der Waals surface area contributed by atoms with Crippen molar-refractivity contribution in [3.8, 4) is 22.1 Å². The summed E-state index contributed by atoms with van der Waals surface area (Å²) in [4.78, 5) is 4.66. The summed E-state index contributed by atoms with van der Waals surface area (Å²) in [5.41, 5.74) is 1.99. The van der Waals surface area contributed by atoms with Crippen LogP contribution in [-0.2, 0) is 0 Å². The highest BCUT2D eigenvalue weighted by molar-refractivity contribution is 7.13. The minimum Gasteiger partial charge on any atom is -0.493 e. The van der Waals surface area contributed by atoms with Crippen LogP contribution in [0.25, 0.3) is 10.6 Å². The smallest absolute Gasteiger partial charge is 0.170 e. The maximum absolute atomic E-state index is 5.44. The Labute approximate surface area is 117 Å². The number of aromatic nitrogens is 1. The molecule has 0 amide bonds. The number of hydrogen-bond acceptors (Lipinski definition) is 5. The zero-order chi connectivity index (χ0) is 13.8. The lowest BCUT2D eigenvalue weighted by Crippen LogP contribution is -2.12. The van der Waals surface area contributed by atoms with Crippen molar-refractivity contribution < 1.29 is 9.47 Å². The van der Waals surface area contributed by atoms with Crippen LogP contribution in [0.3, 0.4) is 0 Å². The fourth-order valence-corrected chi connectivity index (χ4v) is 2.75. The van der Waals surface area contributed by atoms with Crippen molar-refractivity contribution in [3.63, 3.8) is 0 Å². The van der Waals surface area contributed by atoms with Crippen LogP contribution in [0, 0.1) is 0 Å². The van der Waals surface area contributed by atoms with E-state index in [9.17, 15) is 0 Å². The molecular formula is C14H18N2O2S. The zero-order valence-corrected chi connectivity index (χ0v) is 12.4. The van der Waals surface area contributed by atoms with Crippen LogP contribution in [0.2, 0.25) is 0 Å². The normalized spacial score (nSPS) is 12.2. The molecule has 0 aliphatic rings. The number of nitrogens with zero attached hydrogens (tertiary/aromatic N) is 1. The third kappa shape index (κ3) is 2.72. The van der Waals surface area contributed by atoms with E-state index in [0.717, 1.165) is 27.8 Å². The molecule has 0 radical (unpaired) electrons. The Morgan fingerprint density at radius 3 is 2.68 bits per heavy atom. The van der Waals surface area contributed by atoms with Gasteiger partial charge >= 0.3 is 0 Å². The van der Waals surface area contributed by atoms with Gasteiger partial charge in [-0.3, -0.25) is 0 Å². The second-order valence-electron chi connectivity index (χ2n) is 4.13. The van der Waals surface area contributed by atoms with Crippen molar-refractivity contribution >= 4 is 11.3 Å². The molecule has 0 spiro atoms. The van der Waals surface area contributed by atoms with Crippen molar-refractivity contribution in [2.45, 2.75) is 13.0 Å². The molecule has 1 N–H and O–H groups in total. The predicted octanol–water partition coefficient (Wildman–Crippen LogP) is 3.11. The lowest BCUT2D eigenvalue weighted by molar-refractivity contribution is 0.356. The van der Waals surface area contributed by atoms with Crippen LogP contribution in [0.1, 0.15) is 18.7 Å². The molecular weight excluding hydrogens is 260 g/mol. The van der Waals surface area contributed by atoms with E-state index in [2.05, 4.69) is 22.6 Å². The fourth-order valence-electron chi connectivity index (χ4n) is 1.81. The molecule has 2 rings (SSSR count). The Kier molecular flexibility index (Phi) is 4.39. The van der Waals surface area contributed by atoms with Crippen LogP contribution in [0.15, 0.2) is 23.6 Å². The molecule has 1 aromatic heterocycles. The van der Waals surface area contributed by atoms with Crippen LogP contribution in [0.5, 0.6) is 11.5 Å². The van der Waals surface area contributed by atoms with E-state index >= 15 is 0 Å². The maximum Gasteiger partial charge on any atom is 0.170 e. The Bertz CT molecular complexity index is 554. The summed E-state index contributed by atoms with van der Waals surface area (Å²) in [5.74, 6) is 1.45. The molecule has 1 atom stereocenters. The van der Waals surface area contributed by atoms with Crippen molar-refractivity contribution in [1.82, 2.24) is 10.3 Å². The van der Waals surface area contributed by atoms with E-state index < -0.39 is 0 Å². The number of thiazole rings is 1. The monoisotopic (exact) mass is 278 g/mol. The van der Waals surface area contributed by atoms with Gasteiger partial charge in [-0.15, -0.1) is 11.3 Å². The fraction of sp³-hybridized carbons (Fsp3) is 0.357. The molecule has 1 unspecified atom stereocenters. The van der Waals surface area contributed by atoms with Gasteiger partial charge in [0.1, 0.15) is 5.01 Å². The summed E-state index contributed by atoms with van der Waals surface area (Å²) in [6.07, 6.45) is 0. The van der Waals surface area contributed by atoms with Crippen molar-refractivity contribution in [3.05, 3.63) is 29.3 Å². The zero-order valence-electron chi connectivity index (χ0n) is 11.6. The number of para-hydroxylation sites is 1. The standard InChI is InChI=1S/C14H18N2O2S/c1-9(15-2)11-8-19-14(16-11)10-6-5-7-12(17-3)13(10)18-4/h5-9,15H,1-4H3. The summed E-state index contributed by atoms with van der Waals surface area (Å²) < 4.78 is 10.8. The molecule has 0 aliphatic carbocycles. The second kappa shape index (κ2) is 6.04. The van der Waals surface area contributed by atoms with Gasteiger partial charge in [0.2, 0.25) is 0 Å². The van der Waals surface area contributed by atoms with E-state index in [1.54, 1.807) is 25.6 Å². The molecule has 4 nitrogen and oxygen atoms in total. The van der Waals surface area contributed by atoms with Gasteiger partial charge in [0.25, 0.3) is 0 Å². The van der Waals surface area contributed by atoms with E-state index in [1.165, 1.54) is 0 Å². The van der Waals surface area contributed by atoms with Gasteiger partial charge in [-0.1, -0.05) is 6.07 Å². The highest BCUT2D eigenvalue weighted by atomic mass is 32.1. The SMILES string of the molecule is CNC(C)c1csc(-c2cccc(OC)c2OC)n1. The lowest BCUT2D eigenvalue weighted by Gasteiger charge is -2.10. The molecule has 5 heteroatoms. The molecule has 0 bridgehead atoms. The number of ether oxygens (including phenoxy) is 2. The van der Waals surface area contributed by atoms with Crippen LogP contribution < -0.4 is 14.8 Å². The average molecular weight is 278 g/mol. The summed E-state index contributed by atoms with van der Waals surface area (Å²) >= 11 is 1.61. The largest absolute Gasteiger partial charge is 0.493 e. The highest BCUT2D eigenvalue weighted by Crippen LogP contribution is 2.39. The van der Waals surface area contributed by atoms with Crippen LogP contribution in [0.4, 0.5) is 0 Å².